The SMILES string of the molecule is C[C@H](O)[C@H]1OC(O)[C@H](O[C@@H]2O[C@@H](C)[C@@H](O)[C@@H](O)[C@@H]2O)[C@@H](O[C@H]2O[C@H](CO)[C@H](O)[C@H](O)[C@H]2O)[C@H]1O. The summed E-state index contributed by atoms with van der Waals surface area (Å²) in [6.07, 6.45) is -25.6. The van der Waals surface area contributed by atoms with Gasteiger partial charge in [0.25, 0.3) is 0 Å². The molecule has 200 valence electrons. The van der Waals surface area contributed by atoms with Crippen molar-refractivity contribution >= 4 is 0 Å². The predicted octanol–water partition coefficient (Wildman–Crippen LogP) is -6.16. The minimum Gasteiger partial charge on any atom is -0.394 e. The number of rotatable bonds is 6. The van der Waals surface area contributed by atoms with Crippen LogP contribution >= 0.6 is 0 Å². The van der Waals surface area contributed by atoms with Crippen LogP contribution in [0.3, 0.4) is 0 Å². The molecule has 0 aromatic carbocycles. The van der Waals surface area contributed by atoms with Crippen LogP contribution in [-0.4, -0.2) is 156 Å². The first-order valence-electron chi connectivity index (χ1n) is 10.9. The maximum absolute atomic E-state index is 10.8. The summed E-state index contributed by atoms with van der Waals surface area (Å²) < 4.78 is 27.0. The van der Waals surface area contributed by atoms with E-state index in [-0.39, 0.29) is 0 Å². The molecule has 0 bridgehead atoms. The van der Waals surface area contributed by atoms with Gasteiger partial charge in [-0.15, -0.1) is 0 Å². The van der Waals surface area contributed by atoms with Crippen molar-refractivity contribution in [2.24, 2.45) is 0 Å². The molecule has 15 heteroatoms. The highest BCUT2D eigenvalue weighted by atomic mass is 16.8. The Bertz CT molecular complexity index is 651. The summed E-state index contributed by atoms with van der Waals surface area (Å²) in [5, 5.41) is 101. The zero-order valence-electron chi connectivity index (χ0n) is 18.5. The van der Waals surface area contributed by atoms with E-state index in [1.165, 1.54) is 13.8 Å². The Morgan fingerprint density at radius 1 is 0.676 bits per heavy atom. The first-order chi connectivity index (χ1) is 15.9. The van der Waals surface area contributed by atoms with Crippen LogP contribution < -0.4 is 0 Å². The fraction of sp³-hybridized carbons (Fsp3) is 1.00. The van der Waals surface area contributed by atoms with Crippen molar-refractivity contribution in [1.82, 2.24) is 0 Å². The average molecular weight is 502 g/mol. The second-order valence-corrected chi connectivity index (χ2v) is 8.80. The van der Waals surface area contributed by atoms with E-state index < -0.39 is 105 Å². The molecule has 0 spiro atoms. The standard InChI is InChI=1S/C19H34O15/c1-4(21)14-13(28)15(33-19-12(27)10(25)8(23)6(3-20)31-19)16(17(29)32-14)34-18-11(26)9(24)7(22)5(2)30-18/h4-29H,3H2,1-2H3/t4-,5-,6+,7+,8-,9+,10-,11-,12+,13-,14+,15-,16+,17?,18-,19+/m0/s1. The lowest BCUT2D eigenvalue weighted by Crippen LogP contribution is -2.67. The Morgan fingerprint density at radius 3 is 1.76 bits per heavy atom. The Balaban J connectivity index is 1.85. The average Bonchev–Trinajstić information content (AvgIpc) is 2.79. The van der Waals surface area contributed by atoms with Crippen LogP contribution in [0.5, 0.6) is 0 Å². The molecule has 0 saturated carbocycles. The van der Waals surface area contributed by atoms with Crippen molar-refractivity contribution in [3.05, 3.63) is 0 Å². The quantitative estimate of drug-likeness (QED) is 0.162. The number of hydrogen-bond donors (Lipinski definition) is 10. The highest BCUT2D eigenvalue weighted by Crippen LogP contribution is 2.33. The molecule has 0 amide bonds. The van der Waals surface area contributed by atoms with Crippen LogP contribution in [0.2, 0.25) is 0 Å². The molecule has 1 unspecified atom stereocenters. The van der Waals surface area contributed by atoms with Gasteiger partial charge in [-0.2, -0.15) is 0 Å². The van der Waals surface area contributed by atoms with Gasteiger partial charge in [-0.1, -0.05) is 0 Å². The van der Waals surface area contributed by atoms with Crippen molar-refractivity contribution in [2.75, 3.05) is 6.61 Å². The van der Waals surface area contributed by atoms with Gasteiger partial charge in [0.1, 0.15) is 67.1 Å². The van der Waals surface area contributed by atoms with Crippen LogP contribution in [-0.2, 0) is 23.7 Å². The first-order valence-corrected chi connectivity index (χ1v) is 10.9. The summed E-state index contributed by atoms with van der Waals surface area (Å²) >= 11 is 0. The molecule has 16 atom stereocenters. The summed E-state index contributed by atoms with van der Waals surface area (Å²) in [7, 11) is 0. The molecule has 0 aromatic heterocycles. The third kappa shape index (κ3) is 5.39. The highest BCUT2D eigenvalue weighted by Gasteiger charge is 2.54. The smallest absolute Gasteiger partial charge is 0.187 e. The van der Waals surface area contributed by atoms with Crippen LogP contribution in [0.4, 0.5) is 0 Å². The molecule has 3 aliphatic rings. The van der Waals surface area contributed by atoms with Gasteiger partial charge in [-0.05, 0) is 13.8 Å². The van der Waals surface area contributed by atoms with E-state index in [0.717, 1.165) is 0 Å². The molecule has 3 rings (SSSR count). The van der Waals surface area contributed by atoms with Gasteiger partial charge in [-0.3, -0.25) is 0 Å². The topological polar surface area (TPSA) is 248 Å². The number of aliphatic hydroxyl groups is 10. The molecule has 15 nitrogen and oxygen atoms in total. The van der Waals surface area contributed by atoms with E-state index >= 15 is 0 Å². The predicted molar refractivity (Wildman–Crippen MR) is 104 cm³/mol. The summed E-state index contributed by atoms with van der Waals surface area (Å²) in [6, 6.07) is 0. The number of aliphatic hydroxyl groups excluding tert-OH is 10. The molecule has 3 heterocycles. The summed E-state index contributed by atoms with van der Waals surface area (Å²) in [5.41, 5.74) is 0. The van der Waals surface area contributed by atoms with E-state index in [1.54, 1.807) is 0 Å². The minimum atomic E-state index is -1.90. The largest absolute Gasteiger partial charge is 0.394 e. The van der Waals surface area contributed by atoms with Gasteiger partial charge in [0.05, 0.1) is 18.8 Å². The highest BCUT2D eigenvalue weighted by molar-refractivity contribution is 4.97. The minimum absolute atomic E-state index is 0.750. The number of hydrogen-bond acceptors (Lipinski definition) is 15. The molecule has 0 aromatic rings. The van der Waals surface area contributed by atoms with Crippen molar-refractivity contribution < 1.29 is 74.7 Å². The maximum Gasteiger partial charge on any atom is 0.187 e. The van der Waals surface area contributed by atoms with Crippen molar-refractivity contribution in [3.63, 3.8) is 0 Å². The second kappa shape index (κ2) is 11.2. The molecule has 3 saturated heterocycles. The molecular weight excluding hydrogens is 468 g/mol. The van der Waals surface area contributed by atoms with E-state index in [2.05, 4.69) is 0 Å². The van der Waals surface area contributed by atoms with Crippen LogP contribution in [0.1, 0.15) is 13.8 Å². The van der Waals surface area contributed by atoms with Crippen LogP contribution in [0.15, 0.2) is 0 Å². The summed E-state index contributed by atoms with van der Waals surface area (Å²) in [5.74, 6) is 0. The Kier molecular flexibility index (Phi) is 9.22. The monoisotopic (exact) mass is 502 g/mol. The van der Waals surface area contributed by atoms with Gasteiger partial charge < -0.3 is 74.7 Å². The Morgan fingerprint density at radius 2 is 1.21 bits per heavy atom. The zero-order valence-corrected chi connectivity index (χ0v) is 18.5. The molecular formula is C19H34O15. The molecule has 34 heavy (non-hydrogen) atoms. The molecule has 3 fully saturated rings. The lowest BCUT2D eigenvalue weighted by atomic mass is 9.94. The van der Waals surface area contributed by atoms with Gasteiger partial charge in [0.2, 0.25) is 0 Å². The van der Waals surface area contributed by atoms with E-state index in [1.807, 2.05) is 0 Å². The second-order valence-electron chi connectivity index (χ2n) is 8.80. The van der Waals surface area contributed by atoms with E-state index in [9.17, 15) is 51.1 Å². The normalized spacial score (nSPS) is 53.5. The Labute approximate surface area is 194 Å². The van der Waals surface area contributed by atoms with Crippen molar-refractivity contribution in [1.29, 1.82) is 0 Å². The third-order valence-corrected chi connectivity index (χ3v) is 6.29. The zero-order chi connectivity index (χ0) is 25.5. The van der Waals surface area contributed by atoms with Crippen LogP contribution in [0, 0.1) is 0 Å². The molecule has 10 N–H and O–H groups in total. The van der Waals surface area contributed by atoms with Gasteiger partial charge >= 0.3 is 0 Å². The van der Waals surface area contributed by atoms with Crippen molar-refractivity contribution in [3.8, 4) is 0 Å². The lowest BCUT2D eigenvalue weighted by Gasteiger charge is -2.48. The van der Waals surface area contributed by atoms with E-state index in [0.29, 0.717) is 0 Å². The van der Waals surface area contributed by atoms with E-state index in [4.69, 9.17) is 23.7 Å². The fourth-order valence-electron chi connectivity index (χ4n) is 4.18. The van der Waals surface area contributed by atoms with Gasteiger partial charge in [0, 0.05) is 0 Å². The van der Waals surface area contributed by atoms with Crippen molar-refractivity contribution in [2.45, 2.75) is 112 Å². The van der Waals surface area contributed by atoms with Gasteiger partial charge in [-0.25, -0.2) is 0 Å². The van der Waals surface area contributed by atoms with Crippen LogP contribution in [0.25, 0.3) is 0 Å². The Hall–Kier alpha value is -0.600. The fourth-order valence-corrected chi connectivity index (χ4v) is 4.18. The van der Waals surface area contributed by atoms with Gasteiger partial charge in [0.15, 0.2) is 18.9 Å². The number of ether oxygens (including phenoxy) is 5. The summed E-state index contributed by atoms with van der Waals surface area (Å²) in [4.78, 5) is 0. The molecule has 3 aliphatic heterocycles. The molecule has 0 aliphatic carbocycles. The third-order valence-electron chi connectivity index (χ3n) is 6.29. The lowest BCUT2D eigenvalue weighted by molar-refractivity contribution is -0.388. The molecule has 0 radical (unpaired) electrons. The maximum atomic E-state index is 10.8. The summed E-state index contributed by atoms with van der Waals surface area (Å²) in [6.45, 7) is 1.91. The first kappa shape index (κ1) is 28.0.